The fourth-order valence-electron chi connectivity index (χ4n) is 3.92. The summed E-state index contributed by atoms with van der Waals surface area (Å²) in [6.07, 6.45) is 3.68. The highest BCUT2D eigenvalue weighted by Crippen LogP contribution is 2.26. The number of nitrogens with one attached hydrogen (secondary N) is 4. The molecule has 1 fully saturated rings. The molecule has 0 radical (unpaired) electrons. The minimum absolute atomic E-state index is 0.586. The zero-order valence-corrected chi connectivity index (χ0v) is 17.1. The van der Waals surface area contributed by atoms with E-state index in [0.717, 1.165) is 78.0 Å². The van der Waals surface area contributed by atoms with Crippen LogP contribution in [0.15, 0.2) is 42.7 Å². The van der Waals surface area contributed by atoms with Crippen LogP contribution in [0.5, 0.6) is 0 Å². The number of anilines is 3. The molecule has 5 rings (SSSR count). The van der Waals surface area contributed by atoms with Crippen LogP contribution < -0.4 is 16.0 Å². The van der Waals surface area contributed by atoms with Gasteiger partial charge in [-0.05, 0) is 42.8 Å². The maximum atomic E-state index is 4.79. The summed E-state index contributed by atoms with van der Waals surface area (Å²) < 4.78 is 0. The Bertz CT molecular complexity index is 1160. The monoisotopic (exact) mass is 402 g/mol. The SMILES string of the molecule is Cc1c(NCCN2CCNCC2)ccc2cnc(Nc3ccc4cn[nH]c4c3)nc12. The maximum Gasteiger partial charge on any atom is 0.227 e. The molecule has 1 saturated heterocycles. The zero-order chi connectivity index (χ0) is 20.3. The summed E-state index contributed by atoms with van der Waals surface area (Å²) in [6.45, 7) is 8.47. The number of fused-ring (bicyclic) bond motifs is 2. The van der Waals surface area contributed by atoms with Gasteiger partial charge in [0, 0.05) is 67.6 Å². The van der Waals surface area contributed by atoms with Crippen molar-refractivity contribution in [3.05, 3.63) is 48.3 Å². The normalized spacial score (nSPS) is 15.0. The summed E-state index contributed by atoms with van der Waals surface area (Å²) in [6, 6.07) is 10.2. The summed E-state index contributed by atoms with van der Waals surface area (Å²) >= 11 is 0. The first-order valence-corrected chi connectivity index (χ1v) is 10.4. The van der Waals surface area contributed by atoms with Gasteiger partial charge in [-0.2, -0.15) is 5.10 Å². The van der Waals surface area contributed by atoms with Gasteiger partial charge in [0.05, 0.1) is 17.2 Å². The highest BCUT2D eigenvalue weighted by molar-refractivity contribution is 5.87. The average Bonchev–Trinajstić information content (AvgIpc) is 3.24. The molecule has 1 aliphatic rings. The fourth-order valence-corrected chi connectivity index (χ4v) is 3.92. The van der Waals surface area contributed by atoms with E-state index in [9.17, 15) is 0 Å². The van der Waals surface area contributed by atoms with Gasteiger partial charge in [0.25, 0.3) is 0 Å². The molecule has 154 valence electrons. The van der Waals surface area contributed by atoms with Crippen molar-refractivity contribution in [3.8, 4) is 0 Å². The van der Waals surface area contributed by atoms with Crippen LogP contribution in [0.4, 0.5) is 17.3 Å². The summed E-state index contributed by atoms with van der Waals surface area (Å²) in [5, 5.41) is 19.5. The first-order chi connectivity index (χ1) is 14.8. The van der Waals surface area contributed by atoms with Gasteiger partial charge < -0.3 is 16.0 Å². The Morgan fingerprint density at radius 1 is 1.07 bits per heavy atom. The summed E-state index contributed by atoms with van der Waals surface area (Å²) in [5.41, 5.74) is 5.13. The van der Waals surface area contributed by atoms with Crippen molar-refractivity contribution in [2.24, 2.45) is 0 Å². The summed E-state index contributed by atoms with van der Waals surface area (Å²) in [5.74, 6) is 0.586. The lowest BCUT2D eigenvalue weighted by atomic mass is 10.1. The molecular weight excluding hydrogens is 376 g/mol. The predicted octanol–water partition coefficient (Wildman–Crippen LogP) is 2.88. The molecule has 8 heteroatoms. The van der Waals surface area contributed by atoms with Gasteiger partial charge in [0.2, 0.25) is 5.95 Å². The average molecular weight is 403 g/mol. The Balaban J connectivity index is 1.32. The molecule has 0 saturated carbocycles. The quantitative estimate of drug-likeness (QED) is 0.394. The lowest BCUT2D eigenvalue weighted by Crippen LogP contribution is -2.45. The minimum Gasteiger partial charge on any atom is -0.383 e. The summed E-state index contributed by atoms with van der Waals surface area (Å²) in [7, 11) is 0. The van der Waals surface area contributed by atoms with Gasteiger partial charge in [0.1, 0.15) is 0 Å². The standard InChI is InChI=1S/C22H26N8/c1-15-19(24-8-11-30-9-6-23-7-10-30)5-3-17-13-25-22(28-21(15)17)27-18-4-2-16-14-26-29-20(16)12-18/h2-5,12-14,23-24H,6-11H2,1H3,(H,26,29)(H,25,27,28). The van der Waals surface area contributed by atoms with Crippen LogP contribution in [-0.2, 0) is 0 Å². The third kappa shape index (κ3) is 3.92. The molecule has 3 heterocycles. The molecule has 2 aromatic carbocycles. The van der Waals surface area contributed by atoms with Crippen molar-refractivity contribution in [3.63, 3.8) is 0 Å². The van der Waals surface area contributed by atoms with Crippen LogP contribution in [0.25, 0.3) is 21.8 Å². The molecule has 8 nitrogen and oxygen atoms in total. The highest BCUT2D eigenvalue weighted by Gasteiger charge is 2.10. The largest absolute Gasteiger partial charge is 0.383 e. The molecule has 0 aliphatic carbocycles. The van der Waals surface area contributed by atoms with Gasteiger partial charge in [-0.1, -0.05) is 0 Å². The third-order valence-electron chi connectivity index (χ3n) is 5.66. The number of benzene rings is 2. The number of hydrogen-bond acceptors (Lipinski definition) is 7. The van der Waals surface area contributed by atoms with Crippen molar-refractivity contribution in [2.45, 2.75) is 6.92 Å². The smallest absolute Gasteiger partial charge is 0.227 e. The van der Waals surface area contributed by atoms with Gasteiger partial charge in [0.15, 0.2) is 0 Å². The molecule has 4 N–H and O–H groups in total. The van der Waals surface area contributed by atoms with Crippen molar-refractivity contribution >= 4 is 39.1 Å². The number of aromatic amines is 1. The molecule has 2 aromatic heterocycles. The molecule has 0 amide bonds. The number of H-pyrrole nitrogens is 1. The maximum absolute atomic E-state index is 4.79. The molecule has 4 aromatic rings. The zero-order valence-electron chi connectivity index (χ0n) is 17.1. The number of nitrogens with zero attached hydrogens (tertiary/aromatic N) is 4. The number of piperazine rings is 1. The molecular formula is C22H26N8. The molecule has 1 aliphatic heterocycles. The van der Waals surface area contributed by atoms with Gasteiger partial charge in [-0.25, -0.2) is 9.97 Å². The predicted molar refractivity (Wildman–Crippen MR) is 121 cm³/mol. The van der Waals surface area contributed by atoms with Crippen molar-refractivity contribution in [1.82, 2.24) is 30.4 Å². The fraction of sp³-hybridized carbons (Fsp3) is 0.318. The van der Waals surface area contributed by atoms with Crippen LogP contribution in [0.3, 0.4) is 0 Å². The Labute approximate surface area is 175 Å². The van der Waals surface area contributed by atoms with E-state index >= 15 is 0 Å². The van der Waals surface area contributed by atoms with Crippen LogP contribution in [0.2, 0.25) is 0 Å². The number of rotatable bonds is 6. The van der Waals surface area contributed by atoms with Crippen molar-refractivity contribution in [1.29, 1.82) is 0 Å². The summed E-state index contributed by atoms with van der Waals surface area (Å²) in [4.78, 5) is 11.8. The lowest BCUT2D eigenvalue weighted by molar-refractivity contribution is 0.249. The molecule has 0 unspecified atom stereocenters. The Morgan fingerprint density at radius 3 is 2.83 bits per heavy atom. The minimum atomic E-state index is 0.586. The second kappa shape index (κ2) is 8.25. The van der Waals surface area contributed by atoms with Crippen molar-refractivity contribution in [2.75, 3.05) is 49.9 Å². The first kappa shape index (κ1) is 18.8. The van der Waals surface area contributed by atoms with E-state index in [4.69, 9.17) is 4.98 Å². The van der Waals surface area contributed by atoms with E-state index in [1.807, 2.05) is 30.6 Å². The Hall–Kier alpha value is -3.23. The van der Waals surface area contributed by atoms with Crippen LogP contribution in [0.1, 0.15) is 5.56 Å². The van der Waals surface area contributed by atoms with E-state index in [1.165, 1.54) is 0 Å². The van der Waals surface area contributed by atoms with E-state index in [-0.39, 0.29) is 0 Å². The third-order valence-corrected chi connectivity index (χ3v) is 5.66. The molecule has 0 spiro atoms. The van der Waals surface area contributed by atoms with E-state index in [0.29, 0.717) is 5.95 Å². The van der Waals surface area contributed by atoms with Gasteiger partial charge in [-0.15, -0.1) is 0 Å². The number of aromatic nitrogens is 4. The molecule has 0 atom stereocenters. The number of hydrogen-bond donors (Lipinski definition) is 4. The Kier molecular flexibility index (Phi) is 5.17. The topological polar surface area (TPSA) is 93.8 Å². The molecule has 30 heavy (non-hydrogen) atoms. The van der Waals surface area contributed by atoms with Gasteiger partial charge in [-0.3, -0.25) is 10.00 Å². The van der Waals surface area contributed by atoms with E-state index in [2.05, 4.69) is 55.1 Å². The second-order valence-corrected chi connectivity index (χ2v) is 7.69. The number of aryl methyl sites for hydroxylation is 1. The van der Waals surface area contributed by atoms with Crippen LogP contribution in [0, 0.1) is 6.92 Å². The van der Waals surface area contributed by atoms with Crippen LogP contribution in [-0.4, -0.2) is 64.3 Å². The van der Waals surface area contributed by atoms with Crippen LogP contribution >= 0.6 is 0 Å². The highest BCUT2D eigenvalue weighted by atomic mass is 15.2. The van der Waals surface area contributed by atoms with Crippen molar-refractivity contribution < 1.29 is 0 Å². The second-order valence-electron chi connectivity index (χ2n) is 7.69. The lowest BCUT2D eigenvalue weighted by Gasteiger charge is -2.27. The van der Waals surface area contributed by atoms with Gasteiger partial charge >= 0.3 is 0 Å². The Morgan fingerprint density at radius 2 is 1.93 bits per heavy atom. The van der Waals surface area contributed by atoms with E-state index < -0.39 is 0 Å². The molecule has 0 bridgehead atoms. The van der Waals surface area contributed by atoms with E-state index in [1.54, 1.807) is 0 Å². The first-order valence-electron chi connectivity index (χ1n) is 10.4.